The summed E-state index contributed by atoms with van der Waals surface area (Å²) in [7, 11) is 3.26. The Morgan fingerprint density at radius 2 is 1.84 bits per heavy atom. The number of aldehydes is 1. The second kappa shape index (κ2) is 13.6. The molecule has 2 fully saturated rings. The lowest BCUT2D eigenvalue weighted by molar-refractivity contribution is -0.175. The van der Waals surface area contributed by atoms with E-state index in [-0.39, 0.29) is 36.7 Å². The molecule has 45 heavy (non-hydrogen) atoms. The molecule has 2 aromatic rings. The van der Waals surface area contributed by atoms with Gasteiger partial charge < -0.3 is 28.6 Å². The molecule has 1 aliphatic carbocycles. The maximum Gasteiger partial charge on any atom is 0.307 e. The largest absolute Gasteiger partial charge is 0.497 e. The number of benzene rings is 1. The predicted molar refractivity (Wildman–Crippen MR) is 169 cm³/mol. The number of carbonyl (C=O) groups is 3. The van der Waals surface area contributed by atoms with Crippen LogP contribution in [-0.4, -0.2) is 78.1 Å². The number of methoxy groups -OCH3 is 2. The fraction of sp³-hybridized carbons (Fsp3) is 0.686. The summed E-state index contributed by atoms with van der Waals surface area (Å²) >= 11 is 0. The maximum atomic E-state index is 14.3. The summed E-state index contributed by atoms with van der Waals surface area (Å²) in [6.45, 7) is 8.32. The van der Waals surface area contributed by atoms with Crippen molar-refractivity contribution in [3.8, 4) is 11.6 Å². The number of aromatic nitrogens is 2. The molecular formula is C35H49N3O7. The fourth-order valence-electron chi connectivity index (χ4n) is 7.53. The Kier molecular flexibility index (Phi) is 10.0. The first-order valence-electron chi connectivity index (χ1n) is 16.5. The highest BCUT2D eigenvalue weighted by atomic mass is 16.6. The molecule has 2 bridgehead atoms. The van der Waals surface area contributed by atoms with E-state index in [1.54, 1.807) is 19.1 Å². The summed E-state index contributed by atoms with van der Waals surface area (Å²) in [6.07, 6.45) is 7.45. The van der Waals surface area contributed by atoms with Crippen LogP contribution in [-0.2, 0) is 30.3 Å². The molecule has 2 aliphatic heterocycles. The van der Waals surface area contributed by atoms with Crippen LogP contribution in [0.4, 0.5) is 0 Å². The molecule has 0 unspecified atom stereocenters. The molecule has 1 saturated carbocycles. The van der Waals surface area contributed by atoms with Gasteiger partial charge in [-0.1, -0.05) is 40.5 Å². The standard InChI is InChI=1S/C35H49N3O7/c1-22-29(20-39)38-19-30(22)44-32-27(36-26-15-14-24(43-6)17-28(26)37-32)13-9-7-8-11-23-12-10-16-35(23,21-42-5)45-31(40)18-25(33(38)41)34(2,3)4/h14-15,17,20,22-23,25,29-30H,7-13,16,18-19,21H2,1-6H3/t22-,23+,25+,29+,30-,35-/m0/s1. The number of hydrogen-bond donors (Lipinski definition) is 0. The van der Waals surface area contributed by atoms with Gasteiger partial charge in [0.15, 0.2) is 0 Å². The van der Waals surface area contributed by atoms with Crippen molar-refractivity contribution in [2.24, 2.45) is 23.2 Å². The van der Waals surface area contributed by atoms with Gasteiger partial charge >= 0.3 is 5.97 Å². The van der Waals surface area contributed by atoms with Crippen LogP contribution in [0.5, 0.6) is 11.6 Å². The quantitative estimate of drug-likeness (QED) is 0.329. The second-order valence-electron chi connectivity index (χ2n) is 14.2. The van der Waals surface area contributed by atoms with E-state index in [0.717, 1.165) is 62.4 Å². The van der Waals surface area contributed by atoms with Crippen LogP contribution in [0.1, 0.15) is 84.8 Å². The van der Waals surface area contributed by atoms with Gasteiger partial charge in [-0.15, -0.1) is 0 Å². The zero-order valence-corrected chi connectivity index (χ0v) is 27.7. The van der Waals surface area contributed by atoms with E-state index < -0.39 is 29.1 Å². The van der Waals surface area contributed by atoms with E-state index in [1.807, 2.05) is 45.9 Å². The Balaban J connectivity index is 1.53. The number of carbonyl (C=O) groups excluding carboxylic acids is 3. The normalized spacial score (nSPS) is 30.1. The molecule has 0 N–H and O–H groups in total. The minimum Gasteiger partial charge on any atom is -0.497 e. The van der Waals surface area contributed by atoms with Crippen molar-refractivity contribution >= 4 is 29.2 Å². The van der Waals surface area contributed by atoms with Gasteiger partial charge in [0, 0.05) is 25.0 Å². The predicted octanol–water partition coefficient (Wildman–Crippen LogP) is 5.33. The third-order valence-electron chi connectivity index (χ3n) is 10.2. The maximum absolute atomic E-state index is 14.3. The molecule has 5 rings (SSSR count). The Hall–Kier alpha value is -3.27. The van der Waals surface area contributed by atoms with Crippen LogP contribution in [0, 0.1) is 23.2 Å². The van der Waals surface area contributed by atoms with Crippen molar-refractivity contribution in [2.75, 3.05) is 27.4 Å². The average molecular weight is 624 g/mol. The summed E-state index contributed by atoms with van der Waals surface area (Å²) in [5.41, 5.74) is 0.944. The van der Waals surface area contributed by atoms with Gasteiger partial charge in [0.25, 0.3) is 0 Å². The van der Waals surface area contributed by atoms with Crippen LogP contribution in [0.25, 0.3) is 11.0 Å². The highest BCUT2D eigenvalue weighted by molar-refractivity contribution is 5.87. The lowest BCUT2D eigenvalue weighted by atomic mass is 9.77. The first kappa shape index (κ1) is 33.1. The number of amides is 1. The van der Waals surface area contributed by atoms with Crippen molar-refractivity contribution in [2.45, 2.75) is 103 Å². The SMILES string of the molecule is COC[C@@]12CCC[C@H]1CCCCCc1nc3ccc(OC)cc3nc1O[C@H]1CN(C(=O)[C@H](C(C)(C)C)CC(=O)O2)[C@H](C=O)[C@@H]1C. The van der Waals surface area contributed by atoms with E-state index in [2.05, 4.69) is 0 Å². The van der Waals surface area contributed by atoms with E-state index in [1.165, 1.54) is 0 Å². The highest BCUT2D eigenvalue weighted by Gasteiger charge is 2.49. The molecular weight excluding hydrogens is 574 g/mol. The molecule has 1 amide bonds. The Morgan fingerprint density at radius 3 is 2.56 bits per heavy atom. The average Bonchev–Trinajstić information content (AvgIpc) is 3.53. The zero-order chi connectivity index (χ0) is 32.4. The molecule has 1 saturated heterocycles. The van der Waals surface area contributed by atoms with Crippen molar-refractivity contribution in [3.05, 3.63) is 23.9 Å². The van der Waals surface area contributed by atoms with Crippen LogP contribution in [0.2, 0.25) is 0 Å². The summed E-state index contributed by atoms with van der Waals surface area (Å²) in [6, 6.07) is 4.91. The minimum absolute atomic E-state index is 0.0649. The van der Waals surface area contributed by atoms with Gasteiger partial charge in [-0.25, -0.2) is 9.97 Å². The van der Waals surface area contributed by atoms with Gasteiger partial charge in [-0.05, 0) is 56.1 Å². The first-order chi connectivity index (χ1) is 21.5. The van der Waals surface area contributed by atoms with Gasteiger partial charge in [-0.3, -0.25) is 9.59 Å². The van der Waals surface area contributed by atoms with Crippen molar-refractivity contribution in [3.63, 3.8) is 0 Å². The van der Waals surface area contributed by atoms with E-state index in [9.17, 15) is 14.4 Å². The summed E-state index contributed by atoms with van der Waals surface area (Å²) in [5, 5.41) is 0. The third kappa shape index (κ3) is 6.95. The molecule has 0 spiro atoms. The second-order valence-corrected chi connectivity index (χ2v) is 14.2. The number of fused-ring (bicyclic) bond motifs is 5. The van der Waals surface area contributed by atoms with Gasteiger partial charge in [0.05, 0.1) is 49.7 Å². The third-order valence-corrected chi connectivity index (χ3v) is 10.2. The van der Waals surface area contributed by atoms with Crippen LogP contribution < -0.4 is 9.47 Å². The van der Waals surface area contributed by atoms with Crippen LogP contribution in [0.3, 0.4) is 0 Å². The molecule has 6 atom stereocenters. The number of rotatable bonds is 4. The summed E-state index contributed by atoms with van der Waals surface area (Å²) < 4.78 is 23.9. The van der Waals surface area contributed by atoms with Gasteiger partial charge in [0.1, 0.15) is 29.4 Å². The Morgan fingerprint density at radius 1 is 1.07 bits per heavy atom. The minimum atomic E-state index is -0.693. The Labute approximate surface area is 266 Å². The van der Waals surface area contributed by atoms with E-state index in [0.29, 0.717) is 30.2 Å². The Bertz CT molecular complexity index is 1390. The molecule has 10 nitrogen and oxygen atoms in total. The zero-order valence-electron chi connectivity index (χ0n) is 27.7. The first-order valence-corrected chi connectivity index (χ1v) is 16.5. The molecule has 1 aromatic heterocycles. The molecule has 3 heterocycles. The summed E-state index contributed by atoms with van der Waals surface area (Å²) in [5.74, 6) is -0.304. The number of nitrogens with zero attached hydrogens (tertiary/aromatic N) is 3. The smallest absolute Gasteiger partial charge is 0.307 e. The molecule has 0 radical (unpaired) electrons. The molecule has 10 heteroatoms. The molecule has 246 valence electrons. The van der Waals surface area contributed by atoms with Gasteiger partial charge in [0.2, 0.25) is 11.8 Å². The molecule has 1 aromatic carbocycles. The van der Waals surface area contributed by atoms with E-state index in [4.69, 9.17) is 28.9 Å². The van der Waals surface area contributed by atoms with Crippen LogP contribution >= 0.6 is 0 Å². The number of aryl methyl sites for hydroxylation is 1. The van der Waals surface area contributed by atoms with Gasteiger partial charge in [-0.2, -0.15) is 0 Å². The summed E-state index contributed by atoms with van der Waals surface area (Å²) in [4.78, 5) is 51.8. The monoisotopic (exact) mass is 623 g/mol. The van der Waals surface area contributed by atoms with Crippen molar-refractivity contribution in [1.82, 2.24) is 14.9 Å². The number of ether oxygens (including phenoxy) is 4. The molecule has 3 aliphatic rings. The lowest BCUT2D eigenvalue weighted by Gasteiger charge is -2.37. The highest BCUT2D eigenvalue weighted by Crippen LogP contribution is 2.44. The van der Waals surface area contributed by atoms with E-state index >= 15 is 0 Å². The lowest BCUT2D eigenvalue weighted by Crippen LogP contribution is -2.48. The van der Waals surface area contributed by atoms with Crippen molar-refractivity contribution in [1.29, 1.82) is 0 Å². The fourth-order valence-corrected chi connectivity index (χ4v) is 7.53. The van der Waals surface area contributed by atoms with Crippen LogP contribution in [0.15, 0.2) is 18.2 Å². The van der Waals surface area contributed by atoms with Crippen molar-refractivity contribution < 1.29 is 33.3 Å². The number of hydrogen-bond acceptors (Lipinski definition) is 9. The topological polar surface area (TPSA) is 117 Å². The number of esters is 1.